The van der Waals surface area contributed by atoms with Gasteiger partial charge in [-0.3, -0.25) is 19.1 Å². The predicted octanol–water partition coefficient (Wildman–Crippen LogP) is 2.80. The van der Waals surface area contributed by atoms with Crippen LogP contribution in [0.2, 0.25) is 10.2 Å². The molecule has 10 heteroatoms. The number of aromatic nitrogens is 4. The zero-order valence-corrected chi connectivity index (χ0v) is 18.7. The van der Waals surface area contributed by atoms with Gasteiger partial charge in [0.05, 0.1) is 12.2 Å². The Hall–Kier alpha value is -2.81. The van der Waals surface area contributed by atoms with Crippen LogP contribution >= 0.6 is 23.2 Å². The first-order valence-electron chi connectivity index (χ1n) is 9.52. The maximum atomic E-state index is 13.5. The van der Waals surface area contributed by atoms with Gasteiger partial charge in [-0.2, -0.15) is 0 Å². The summed E-state index contributed by atoms with van der Waals surface area (Å²) in [6.45, 7) is 5.36. The normalized spacial score (nSPS) is 11.2. The van der Waals surface area contributed by atoms with Crippen LogP contribution in [0.1, 0.15) is 58.5 Å². The van der Waals surface area contributed by atoms with Crippen LogP contribution in [-0.4, -0.2) is 25.3 Å². The number of nitrogens with zero attached hydrogens (tertiary/aromatic N) is 3. The van der Waals surface area contributed by atoms with E-state index in [2.05, 4.69) is 15.0 Å². The summed E-state index contributed by atoms with van der Waals surface area (Å²) in [7, 11) is 0. The fraction of sp³-hybridized carbons (Fsp3) is 0.286. The third-order valence-electron chi connectivity index (χ3n) is 4.64. The molecule has 0 aliphatic rings. The van der Waals surface area contributed by atoms with Gasteiger partial charge >= 0.3 is 5.69 Å². The molecule has 31 heavy (non-hydrogen) atoms. The monoisotopic (exact) mass is 461 g/mol. The van der Waals surface area contributed by atoms with Crippen molar-refractivity contribution in [3.05, 3.63) is 89.2 Å². The van der Waals surface area contributed by atoms with E-state index in [0.29, 0.717) is 22.0 Å². The van der Waals surface area contributed by atoms with E-state index in [-0.39, 0.29) is 41.1 Å². The minimum absolute atomic E-state index is 0.0226. The quantitative estimate of drug-likeness (QED) is 0.429. The van der Waals surface area contributed by atoms with E-state index < -0.39 is 17.0 Å². The maximum absolute atomic E-state index is 13.5. The molecular formula is C21H21Cl2N5O3. The number of carbonyl (C=O) groups excluding carboxylic acids is 1. The van der Waals surface area contributed by atoms with Crippen molar-refractivity contribution in [1.82, 2.24) is 19.5 Å². The zero-order valence-electron chi connectivity index (χ0n) is 17.2. The molecule has 0 atom stereocenters. The lowest BCUT2D eigenvalue weighted by Gasteiger charge is -2.17. The van der Waals surface area contributed by atoms with Gasteiger partial charge in [-0.1, -0.05) is 37.0 Å². The maximum Gasteiger partial charge on any atom is 0.329 e. The molecule has 0 amide bonds. The highest BCUT2D eigenvalue weighted by Crippen LogP contribution is 2.21. The summed E-state index contributed by atoms with van der Waals surface area (Å²) >= 11 is 12.2. The van der Waals surface area contributed by atoms with Crippen LogP contribution in [0.3, 0.4) is 0 Å². The Balaban J connectivity index is 2.28. The topological polar surface area (TPSA) is 124 Å². The number of aryl methyl sites for hydroxylation is 1. The molecule has 162 valence electrons. The molecule has 0 unspecified atom stereocenters. The lowest BCUT2D eigenvalue weighted by molar-refractivity contribution is 0.102. The predicted molar refractivity (Wildman–Crippen MR) is 119 cm³/mol. The Labute approximate surface area is 188 Å². The summed E-state index contributed by atoms with van der Waals surface area (Å²) in [6, 6.07) is 6.28. The van der Waals surface area contributed by atoms with Crippen molar-refractivity contribution in [2.45, 2.75) is 39.8 Å². The number of halogens is 2. The summed E-state index contributed by atoms with van der Waals surface area (Å²) in [5.41, 5.74) is 6.18. The van der Waals surface area contributed by atoms with Crippen LogP contribution in [0.5, 0.6) is 0 Å². The summed E-state index contributed by atoms with van der Waals surface area (Å²) in [5, 5.41) is 0.536. The molecule has 0 aliphatic carbocycles. The Morgan fingerprint density at radius 1 is 1.16 bits per heavy atom. The second-order valence-electron chi connectivity index (χ2n) is 7.40. The largest absolute Gasteiger partial charge is 0.329 e. The van der Waals surface area contributed by atoms with Gasteiger partial charge in [-0.15, -0.1) is 0 Å². The summed E-state index contributed by atoms with van der Waals surface area (Å²) < 4.78 is 1.21. The van der Waals surface area contributed by atoms with E-state index in [1.54, 1.807) is 39.0 Å². The van der Waals surface area contributed by atoms with Gasteiger partial charge in [0.2, 0.25) is 5.78 Å². The third kappa shape index (κ3) is 4.92. The second-order valence-corrected chi connectivity index (χ2v) is 8.22. The van der Waals surface area contributed by atoms with Crippen molar-refractivity contribution in [3.8, 4) is 0 Å². The fourth-order valence-corrected chi connectivity index (χ4v) is 3.88. The second kappa shape index (κ2) is 9.13. The van der Waals surface area contributed by atoms with Crippen LogP contribution in [0.4, 0.5) is 0 Å². The van der Waals surface area contributed by atoms with E-state index in [4.69, 9.17) is 28.9 Å². The van der Waals surface area contributed by atoms with E-state index in [1.165, 1.54) is 10.6 Å². The number of rotatable bonds is 6. The molecule has 3 rings (SSSR count). The number of carbonyl (C=O) groups is 1. The molecule has 0 bridgehead atoms. The van der Waals surface area contributed by atoms with Crippen LogP contribution in [-0.2, 0) is 13.1 Å². The third-order valence-corrected chi connectivity index (χ3v) is 5.05. The van der Waals surface area contributed by atoms with Gasteiger partial charge in [-0.25, -0.2) is 14.8 Å². The lowest BCUT2D eigenvalue weighted by Crippen LogP contribution is -2.38. The van der Waals surface area contributed by atoms with E-state index >= 15 is 0 Å². The van der Waals surface area contributed by atoms with Crippen molar-refractivity contribution in [1.29, 1.82) is 0 Å². The molecule has 8 nitrogen and oxygen atoms in total. The summed E-state index contributed by atoms with van der Waals surface area (Å²) in [4.78, 5) is 49.5. The van der Waals surface area contributed by atoms with Gasteiger partial charge < -0.3 is 5.73 Å². The summed E-state index contributed by atoms with van der Waals surface area (Å²) in [5.74, 6) is -0.910. The molecule has 3 aromatic rings. The molecular weight excluding hydrogens is 441 g/mol. The molecule has 0 saturated carbocycles. The number of ketones is 1. The van der Waals surface area contributed by atoms with E-state index in [1.807, 2.05) is 0 Å². The molecule has 0 saturated heterocycles. The smallest absolute Gasteiger partial charge is 0.325 e. The van der Waals surface area contributed by atoms with Crippen LogP contribution in [0.15, 0.2) is 33.9 Å². The van der Waals surface area contributed by atoms with Crippen molar-refractivity contribution in [3.63, 3.8) is 0 Å². The van der Waals surface area contributed by atoms with Crippen molar-refractivity contribution >= 4 is 29.0 Å². The lowest BCUT2D eigenvalue weighted by atomic mass is 9.98. The molecule has 0 aliphatic heterocycles. The highest BCUT2D eigenvalue weighted by molar-refractivity contribution is 6.31. The van der Waals surface area contributed by atoms with Crippen LogP contribution in [0, 0.1) is 6.92 Å². The molecule has 0 spiro atoms. The van der Waals surface area contributed by atoms with Gasteiger partial charge in [0.25, 0.3) is 5.56 Å². The number of hydrogen-bond donors (Lipinski definition) is 2. The van der Waals surface area contributed by atoms with Gasteiger partial charge in [0, 0.05) is 22.8 Å². The van der Waals surface area contributed by atoms with Gasteiger partial charge in [0.1, 0.15) is 16.5 Å². The number of H-pyrrole nitrogens is 1. The van der Waals surface area contributed by atoms with Crippen molar-refractivity contribution in [2.24, 2.45) is 5.73 Å². The number of nitrogens with two attached hydrogens (primary N) is 1. The van der Waals surface area contributed by atoms with Crippen LogP contribution < -0.4 is 17.0 Å². The highest BCUT2D eigenvalue weighted by Gasteiger charge is 2.26. The summed E-state index contributed by atoms with van der Waals surface area (Å²) in [6.07, 6.45) is 0. The molecule has 0 fully saturated rings. The number of pyridine rings is 2. The number of hydrogen-bond acceptors (Lipinski definition) is 6. The minimum atomic E-state index is -0.723. The standard InChI is InChI=1S/C21H21Cl2N5O3/c1-10(2)17-18(19(29)15-7-13(22)4-11(3)25-15)28(21(31)27-20(17)30)9-12-5-14(8-24)26-16(23)6-12/h4-7,10H,8-9,24H2,1-3H3,(H,27,30,31). The molecule has 3 heterocycles. The first-order chi connectivity index (χ1) is 14.6. The molecule has 0 aromatic carbocycles. The van der Waals surface area contributed by atoms with E-state index in [9.17, 15) is 14.4 Å². The Kier molecular flexibility index (Phi) is 6.74. The average molecular weight is 462 g/mol. The first kappa shape index (κ1) is 22.9. The number of nitrogens with one attached hydrogen (secondary N) is 1. The Bertz CT molecular complexity index is 1260. The Morgan fingerprint density at radius 3 is 2.48 bits per heavy atom. The average Bonchev–Trinajstić information content (AvgIpc) is 2.67. The fourth-order valence-electron chi connectivity index (χ4n) is 3.37. The zero-order chi connectivity index (χ0) is 22.9. The first-order valence-corrected chi connectivity index (χ1v) is 10.3. The van der Waals surface area contributed by atoms with E-state index in [0.717, 1.165) is 0 Å². The molecule has 3 aromatic heterocycles. The Morgan fingerprint density at radius 2 is 1.87 bits per heavy atom. The number of aromatic amines is 1. The van der Waals surface area contributed by atoms with Gasteiger partial charge in [0.15, 0.2) is 0 Å². The van der Waals surface area contributed by atoms with Gasteiger partial charge in [-0.05, 0) is 42.7 Å². The molecule has 0 radical (unpaired) electrons. The minimum Gasteiger partial charge on any atom is -0.325 e. The SMILES string of the molecule is Cc1cc(Cl)cc(C(=O)c2c(C(C)C)c(=O)[nH]c(=O)n2Cc2cc(Cl)nc(CN)c2)n1. The van der Waals surface area contributed by atoms with Crippen LogP contribution in [0.25, 0.3) is 0 Å². The van der Waals surface area contributed by atoms with Crippen molar-refractivity contribution < 1.29 is 4.79 Å². The molecule has 3 N–H and O–H groups in total. The highest BCUT2D eigenvalue weighted by atomic mass is 35.5. The van der Waals surface area contributed by atoms with Crippen molar-refractivity contribution in [2.75, 3.05) is 0 Å².